The predicted octanol–water partition coefficient (Wildman–Crippen LogP) is 3.17. The van der Waals surface area contributed by atoms with Gasteiger partial charge in [-0.1, -0.05) is 6.07 Å². The lowest BCUT2D eigenvalue weighted by Crippen LogP contribution is -2.01. The Hall–Kier alpha value is -2.95. The van der Waals surface area contributed by atoms with E-state index in [9.17, 15) is 4.79 Å². The molecule has 0 radical (unpaired) electrons. The van der Waals surface area contributed by atoms with E-state index in [1.165, 1.54) is 7.11 Å². The van der Waals surface area contributed by atoms with Crippen LogP contribution in [-0.2, 0) is 4.74 Å². The number of hydrogen-bond acceptors (Lipinski definition) is 3. The number of fused-ring (bicyclic) bond motifs is 5. The summed E-state index contributed by atoms with van der Waals surface area (Å²) in [6.45, 7) is 0. The Balaban J connectivity index is 2.27. The molecule has 4 N–H and O–H groups in total. The number of hydrogen-bond donors (Lipinski definition) is 3. The van der Waals surface area contributed by atoms with Crippen molar-refractivity contribution >= 4 is 44.4 Å². The zero-order valence-electron chi connectivity index (χ0n) is 11.4. The molecule has 5 nitrogen and oxygen atoms in total. The van der Waals surface area contributed by atoms with E-state index in [1.54, 1.807) is 0 Å². The van der Waals surface area contributed by atoms with Gasteiger partial charge in [0.2, 0.25) is 0 Å². The summed E-state index contributed by atoms with van der Waals surface area (Å²) in [4.78, 5) is 18.6. The van der Waals surface area contributed by atoms with E-state index in [0.717, 1.165) is 32.7 Å². The number of ether oxygens (including phenoxy) is 1. The molecular formula is C16H13N3O2. The number of nitrogens with two attached hydrogens (primary N) is 1. The highest BCUT2D eigenvalue weighted by atomic mass is 16.5. The third-order valence-electron chi connectivity index (χ3n) is 3.88. The highest BCUT2D eigenvalue weighted by Gasteiger charge is 2.17. The minimum atomic E-state index is -0.356. The van der Waals surface area contributed by atoms with Gasteiger partial charge in [0, 0.05) is 33.6 Å². The van der Waals surface area contributed by atoms with Crippen LogP contribution in [0.4, 0.5) is 5.69 Å². The summed E-state index contributed by atoms with van der Waals surface area (Å²) in [5.41, 5.74) is 10.1. The van der Waals surface area contributed by atoms with Gasteiger partial charge in [0.05, 0.1) is 23.7 Å². The van der Waals surface area contributed by atoms with Gasteiger partial charge < -0.3 is 20.4 Å². The average Bonchev–Trinajstić information content (AvgIpc) is 3.09. The first kappa shape index (κ1) is 11.8. The molecule has 0 fully saturated rings. The fraction of sp³-hybridized carbons (Fsp3) is 0.0625. The van der Waals surface area contributed by atoms with Crippen molar-refractivity contribution in [1.29, 1.82) is 0 Å². The lowest BCUT2D eigenvalue weighted by Gasteiger charge is -2.03. The Kier molecular flexibility index (Phi) is 2.27. The van der Waals surface area contributed by atoms with Crippen molar-refractivity contribution in [1.82, 2.24) is 9.97 Å². The molecule has 0 aliphatic rings. The maximum absolute atomic E-state index is 12.0. The van der Waals surface area contributed by atoms with Crippen molar-refractivity contribution < 1.29 is 9.53 Å². The monoisotopic (exact) mass is 279 g/mol. The minimum absolute atomic E-state index is 0.356. The number of H-pyrrole nitrogens is 2. The average molecular weight is 279 g/mol. The molecule has 21 heavy (non-hydrogen) atoms. The van der Waals surface area contributed by atoms with Crippen LogP contribution in [-0.4, -0.2) is 23.0 Å². The lowest BCUT2D eigenvalue weighted by molar-refractivity contribution is 0.0603. The van der Waals surface area contributed by atoms with E-state index in [2.05, 4.69) is 9.97 Å². The van der Waals surface area contributed by atoms with E-state index >= 15 is 0 Å². The summed E-state index contributed by atoms with van der Waals surface area (Å²) in [6.07, 6.45) is 1.81. The second-order valence-corrected chi connectivity index (χ2v) is 5.00. The SMILES string of the molecule is COC(=O)c1cc2c([nH]c3cccc(N)c32)c2[nH]ccc12. The molecule has 0 bridgehead atoms. The van der Waals surface area contributed by atoms with Gasteiger partial charge >= 0.3 is 5.97 Å². The maximum atomic E-state index is 12.0. The van der Waals surface area contributed by atoms with Crippen LogP contribution in [0.25, 0.3) is 32.7 Å². The number of esters is 1. The molecular weight excluding hydrogens is 266 g/mol. The second kappa shape index (κ2) is 4.02. The largest absolute Gasteiger partial charge is 0.465 e. The van der Waals surface area contributed by atoms with Gasteiger partial charge in [-0.25, -0.2) is 4.79 Å². The number of methoxy groups -OCH3 is 1. The number of carbonyl (C=O) groups is 1. The Morgan fingerprint density at radius 1 is 1.19 bits per heavy atom. The van der Waals surface area contributed by atoms with Gasteiger partial charge in [-0.15, -0.1) is 0 Å². The van der Waals surface area contributed by atoms with Crippen molar-refractivity contribution in [3.05, 3.63) is 42.1 Å². The molecule has 0 aliphatic heterocycles. The van der Waals surface area contributed by atoms with Crippen molar-refractivity contribution in [2.75, 3.05) is 12.8 Å². The Bertz CT molecular complexity index is 1010. The van der Waals surface area contributed by atoms with Crippen molar-refractivity contribution in [3.8, 4) is 0 Å². The molecule has 0 saturated heterocycles. The number of aromatic nitrogens is 2. The first-order valence-corrected chi connectivity index (χ1v) is 6.59. The minimum Gasteiger partial charge on any atom is -0.465 e. The fourth-order valence-corrected chi connectivity index (χ4v) is 2.95. The summed E-state index contributed by atoms with van der Waals surface area (Å²) in [6, 6.07) is 9.44. The number of carbonyl (C=O) groups excluding carboxylic acids is 1. The van der Waals surface area contributed by atoms with E-state index in [1.807, 2.05) is 36.5 Å². The first-order valence-electron chi connectivity index (χ1n) is 6.59. The molecule has 0 unspecified atom stereocenters. The third kappa shape index (κ3) is 1.48. The predicted molar refractivity (Wildman–Crippen MR) is 83.4 cm³/mol. The lowest BCUT2D eigenvalue weighted by atomic mass is 10.0. The number of aromatic amines is 2. The van der Waals surface area contributed by atoms with Gasteiger partial charge in [0.15, 0.2) is 0 Å². The molecule has 5 heteroatoms. The summed E-state index contributed by atoms with van der Waals surface area (Å²) in [7, 11) is 1.38. The molecule has 4 rings (SSSR count). The van der Waals surface area contributed by atoms with Crippen LogP contribution < -0.4 is 5.73 Å². The topological polar surface area (TPSA) is 83.9 Å². The van der Waals surface area contributed by atoms with E-state index in [-0.39, 0.29) is 5.97 Å². The number of rotatable bonds is 1. The van der Waals surface area contributed by atoms with Gasteiger partial charge in [-0.3, -0.25) is 0 Å². The van der Waals surface area contributed by atoms with Crippen LogP contribution in [0.15, 0.2) is 36.5 Å². The smallest absolute Gasteiger partial charge is 0.338 e. The van der Waals surface area contributed by atoms with Gasteiger partial charge in [0.25, 0.3) is 0 Å². The molecule has 0 saturated carbocycles. The normalized spacial score (nSPS) is 11.5. The van der Waals surface area contributed by atoms with Crippen LogP contribution >= 0.6 is 0 Å². The van der Waals surface area contributed by atoms with E-state index in [4.69, 9.17) is 10.5 Å². The van der Waals surface area contributed by atoms with Gasteiger partial charge in [0.1, 0.15) is 0 Å². The van der Waals surface area contributed by atoms with Crippen molar-refractivity contribution in [2.45, 2.75) is 0 Å². The van der Waals surface area contributed by atoms with Crippen molar-refractivity contribution in [3.63, 3.8) is 0 Å². The summed E-state index contributed by atoms with van der Waals surface area (Å²) in [5.74, 6) is -0.356. The van der Waals surface area contributed by atoms with E-state index < -0.39 is 0 Å². The third-order valence-corrected chi connectivity index (χ3v) is 3.88. The molecule has 0 amide bonds. The highest BCUT2D eigenvalue weighted by Crippen LogP contribution is 2.35. The number of anilines is 1. The summed E-state index contributed by atoms with van der Waals surface area (Å²) in [5, 5.41) is 2.67. The molecule has 2 heterocycles. The molecule has 104 valence electrons. The zero-order chi connectivity index (χ0) is 14.6. The van der Waals surface area contributed by atoms with Crippen molar-refractivity contribution in [2.24, 2.45) is 0 Å². The Morgan fingerprint density at radius 3 is 2.86 bits per heavy atom. The second-order valence-electron chi connectivity index (χ2n) is 5.00. The fourth-order valence-electron chi connectivity index (χ4n) is 2.95. The van der Waals surface area contributed by atoms with Crippen LogP contribution in [0.2, 0.25) is 0 Å². The van der Waals surface area contributed by atoms with Crippen LogP contribution in [0.1, 0.15) is 10.4 Å². The van der Waals surface area contributed by atoms with Crippen LogP contribution in [0, 0.1) is 0 Å². The molecule has 0 spiro atoms. The van der Waals surface area contributed by atoms with E-state index in [0.29, 0.717) is 11.3 Å². The van der Waals surface area contributed by atoms with Gasteiger partial charge in [-0.05, 0) is 24.3 Å². The quantitative estimate of drug-likeness (QED) is 0.369. The first-order chi connectivity index (χ1) is 10.2. The Labute approximate surface area is 119 Å². The number of nitrogens with one attached hydrogen (secondary N) is 2. The summed E-state index contributed by atoms with van der Waals surface area (Å²) >= 11 is 0. The zero-order valence-corrected chi connectivity index (χ0v) is 11.4. The van der Waals surface area contributed by atoms with Gasteiger partial charge in [-0.2, -0.15) is 0 Å². The number of benzene rings is 2. The maximum Gasteiger partial charge on any atom is 0.338 e. The van der Waals surface area contributed by atoms with Crippen LogP contribution in [0.3, 0.4) is 0 Å². The number of nitrogen functional groups attached to an aromatic ring is 1. The molecule has 2 aromatic heterocycles. The molecule has 2 aromatic carbocycles. The molecule has 0 aliphatic carbocycles. The highest BCUT2D eigenvalue weighted by molar-refractivity contribution is 6.23. The van der Waals surface area contributed by atoms with Crippen LogP contribution in [0.5, 0.6) is 0 Å². The summed E-state index contributed by atoms with van der Waals surface area (Å²) < 4.78 is 4.89. The standard InChI is InChI=1S/C16H13N3O2/c1-21-16(20)9-7-10-13-11(17)3-2-4-12(13)19-15(10)14-8(9)5-6-18-14/h2-7,18-19H,17H2,1H3. The molecule has 4 aromatic rings. The molecule has 0 atom stereocenters. The Morgan fingerprint density at radius 2 is 2.05 bits per heavy atom.